The average Bonchev–Trinajstić information content (AvgIpc) is 2.80. The number of nitrogens with one attached hydrogen (secondary N) is 2. The molecule has 0 aliphatic heterocycles. The van der Waals surface area contributed by atoms with Gasteiger partial charge in [-0.2, -0.15) is 0 Å². The van der Waals surface area contributed by atoms with Gasteiger partial charge < -0.3 is 0 Å². The molecule has 0 aromatic heterocycles. The Balaban J connectivity index is 2.28. The van der Waals surface area contributed by atoms with E-state index in [9.17, 15) is 23.2 Å². The van der Waals surface area contributed by atoms with Crippen LogP contribution in [0.15, 0.2) is 66.7 Å². The van der Waals surface area contributed by atoms with E-state index in [1.807, 2.05) is 56.3 Å². The number of carbonyl (C=O) groups is 2. The summed E-state index contributed by atoms with van der Waals surface area (Å²) in [5, 5.41) is 9.33. The Morgan fingerprint density at radius 3 is 2.09 bits per heavy atom. The average molecular weight is 488 g/mol. The number of hydrogen-bond acceptors (Lipinski definition) is 5. The van der Waals surface area contributed by atoms with E-state index in [-0.39, 0.29) is 18.9 Å². The number of hydrogen-bond donors (Lipinski definition) is 3. The Kier molecular flexibility index (Phi) is 10.4. The van der Waals surface area contributed by atoms with Gasteiger partial charge in [-0.05, 0) is 29.9 Å². The molecule has 0 aliphatic rings. The van der Waals surface area contributed by atoms with Crippen molar-refractivity contribution in [1.29, 1.82) is 0 Å². The molecule has 0 bridgehead atoms. The highest BCUT2D eigenvalue weighted by Gasteiger charge is 2.35. The third-order valence-electron chi connectivity index (χ3n) is 5.30. The summed E-state index contributed by atoms with van der Waals surface area (Å²) in [6.45, 7) is 3.77. The van der Waals surface area contributed by atoms with Crippen LogP contribution in [0.1, 0.15) is 37.8 Å². The lowest BCUT2D eigenvalue weighted by atomic mass is 9.82. The minimum absolute atomic E-state index is 0.0450. The molecule has 8 nitrogen and oxygen atoms in total. The van der Waals surface area contributed by atoms with Crippen LogP contribution in [0.5, 0.6) is 0 Å². The van der Waals surface area contributed by atoms with Crippen LogP contribution in [0.25, 0.3) is 6.08 Å². The highest BCUT2D eigenvalue weighted by molar-refractivity contribution is 7.88. The van der Waals surface area contributed by atoms with Gasteiger partial charge in [-0.3, -0.25) is 20.2 Å². The molecular weight excluding hydrogens is 454 g/mol. The highest BCUT2D eigenvalue weighted by Crippen LogP contribution is 2.26. The van der Waals surface area contributed by atoms with Gasteiger partial charge in [0, 0.05) is 0 Å². The number of allylic oxidation sites excluding steroid dienone is 1. The molecule has 0 saturated heterocycles. The summed E-state index contributed by atoms with van der Waals surface area (Å²) >= 11 is 0. The molecule has 0 saturated carbocycles. The number of rotatable bonds is 12. The molecule has 0 fully saturated rings. The van der Waals surface area contributed by atoms with Gasteiger partial charge in [0.15, 0.2) is 0 Å². The van der Waals surface area contributed by atoms with Crippen LogP contribution >= 0.6 is 0 Å². The molecule has 34 heavy (non-hydrogen) atoms. The summed E-state index contributed by atoms with van der Waals surface area (Å²) in [4.78, 5) is 25.9. The second kappa shape index (κ2) is 13.0. The minimum Gasteiger partial charge on any atom is -0.289 e. The summed E-state index contributed by atoms with van der Waals surface area (Å²) in [6, 6.07) is 18.4. The molecule has 2 atom stereocenters. The first-order valence-electron chi connectivity index (χ1n) is 11.1. The Morgan fingerprint density at radius 1 is 0.971 bits per heavy atom. The zero-order valence-corrected chi connectivity index (χ0v) is 20.5. The van der Waals surface area contributed by atoms with E-state index in [1.165, 1.54) is 0 Å². The molecule has 9 heteroatoms. The fourth-order valence-corrected chi connectivity index (χ4v) is 4.25. The number of amides is 2. The highest BCUT2D eigenvalue weighted by atomic mass is 32.2. The zero-order chi connectivity index (χ0) is 25.1. The van der Waals surface area contributed by atoms with Gasteiger partial charge in [-0.1, -0.05) is 86.7 Å². The molecule has 0 spiro atoms. The fourth-order valence-electron chi connectivity index (χ4n) is 3.61. The summed E-state index contributed by atoms with van der Waals surface area (Å²) < 4.78 is 25.7. The fraction of sp³-hybridized carbons (Fsp3) is 0.360. The quantitative estimate of drug-likeness (QED) is 0.314. The lowest BCUT2D eigenvalue weighted by Gasteiger charge is -2.28. The lowest BCUT2D eigenvalue weighted by molar-refractivity contribution is -0.142. The largest absolute Gasteiger partial charge is 0.289 e. The summed E-state index contributed by atoms with van der Waals surface area (Å²) in [7, 11) is -3.79. The first-order chi connectivity index (χ1) is 16.1. The van der Waals surface area contributed by atoms with Crippen molar-refractivity contribution in [3.05, 3.63) is 77.9 Å². The van der Waals surface area contributed by atoms with E-state index < -0.39 is 33.7 Å². The standard InChI is InChI=1S/C25H33N3O5S/c1-19(2)17-23(22(25(30)27-31)16-10-15-20-11-6-4-7-12-20)24(29)26-28(34(3,32)33)18-21-13-8-5-9-14-21/h4-15,19,22-23,31H,16-18H2,1-3H3,(H,26,29)(H,27,30)/b15-10+/t22-,23?/m0/s1. The molecule has 2 aromatic carbocycles. The molecular formula is C25H33N3O5S. The monoisotopic (exact) mass is 487 g/mol. The molecule has 0 radical (unpaired) electrons. The minimum atomic E-state index is -3.79. The van der Waals surface area contributed by atoms with Crippen LogP contribution in [-0.4, -0.2) is 36.1 Å². The lowest BCUT2D eigenvalue weighted by Crippen LogP contribution is -2.50. The third kappa shape index (κ3) is 8.74. The SMILES string of the molecule is CC(C)CC(C(=O)NN(Cc1ccccc1)S(C)(=O)=O)[C@H](C/C=C/c1ccccc1)C(=O)NO. The molecule has 0 heterocycles. The van der Waals surface area contributed by atoms with Gasteiger partial charge in [0.25, 0.3) is 0 Å². The second-order valence-corrected chi connectivity index (χ2v) is 10.5. The topological polar surface area (TPSA) is 116 Å². The molecule has 2 rings (SSSR count). The Bertz CT molecular complexity index is 1060. The number of hydroxylamine groups is 1. The van der Waals surface area contributed by atoms with Gasteiger partial charge in [0.05, 0.1) is 24.6 Å². The summed E-state index contributed by atoms with van der Waals surface area (Å²) in [5.74, 6) is -3.02. The van der Waals surface area contributed by atoms with Gasteiger partial charge >= 0.3 is 0 Å². The van der Waals surface area contributed by atoms with Crippen LogP contribution in [0.2, 0.25) is 0 Å². The van der Waals surface area contributed by atoms with Crippen LogP contribution in [0, 0.1) is 17.8 Å². The normalized spacial score (nSPS) is 13.7. The van der Waals surface area contributed by atoms with Crippen LogP contribution in [-0.2, 0) is 26.2 Å². The molecule has 0 aliphatic carbocycles. The maximum atomic E-state index is 13.3. The second-order valence-electron chi connectivity index (χ2n) is 8.60. The van der Waals surface area contributed by atoms with Crippen molar-refractivity contribution in [1.82, 2.24) is 15.3 Å². The zero-order valence-electron chi connectivity index (χ0n) is 19.7. The van der Waals surface area contributed by atoms with Gasteiger partial charge in [0.2, 0.25) is 21.8 Å². The number of hydrazine groups is 1. The van der Waals surface area contributed by atoms with Crippen molar-refractivity contribution < 1.29 is 23.2 Å². The van der Waals surface area contributed by atoms with Crippen molar-refractivity contribution in [2.45, 2.75) is 33.2 Å². The maximum Gasteiger partial charge on any atom is 0.247 e. The number of carbonyl (C=O) groups excluding carboxylic acids is 2. The summed E-state index contributed by atoms with van der Waals surface area (Å²) in [5.41, 5.74) is 5.79. The van der Waals surface area contributed by atoms with Gasteiger partial charge in [-0.15, -0.1) is 4.41 Å². The van der Waals surface area contributed by atoms with E-state index in [4.69, 9.17) is 0 Å². The van der Waals surface area contributed by atoms with Gasteiger partial charge in [0.1, 0.15) is 0 Å². The van der Waals surface area contributed by atoms with Crippen molar-refractivity contribution in [3.63, 3.8) is 0 Å². The predicted octanol–water partition coefficient (Wildman–Crippen LogP) is 3.37. The molecule has 2 aromatic rings. The summed E-state index contributed by atoms with van der Waals surface area (Å²) in [6.07, 6.45) is 5.12. The van der Waals surface area contributed by atoms with E-state index in [1.54, 1.807) is 35.8 Å². The molecule has 184 valence electrons. The number of benzene rings is 2. The van der Waals surface area contributed by atoms with Crippen molar-refractivity contribution in [2.24, 2.45) is 17.8 Å². The third-order valence-corrected chi connectivity index (χ3v) is 6.32. The van der Waals surface area contributed by atoms with Crippen LogP contribution in [0.3, 0.4) is 0 Å². The predicted molar refractivity (Wildman–Crippen MR) is 131 cm³/mol. The molecule has 2 amide bonds. The number of nitrogens with zero attached hydrogens (tertiary/aromatic N) is 1. The van der Waals surface area contributed by atoms with E-state index in [0.29, 0.717) is 12.0 Å². The first-order valence-corrected chi connectivity index (χ1v) is 12.9. The van der Waals surface area contributed by atoms with Gasteiger partial charge in [-0.25, -0.2) is 13.9 Å². The van der Waals surface area contributed by atoms with Crippen molar-refractivity contribution >= 4 is 27.9 Å². The van der Waals surface area contributed by atoms with Crippen LogP contribution in [0.4, 0.5) is 0 Å². The Hall–Kier alpha value is -3.01. The Morgan fingerprint density at radius 2 is 1.56 bits per heavy atom. The number of sulfonamides is 1. The van der Waals surface area contributed by atoms with E-state index in [2.05, 4.69) is 5.43 Å². The molecule has 3 N–H and O–H groups in total. The molecule has 1 unspecified atom stereocenters. The Labute approximate surface area is 201 Å². The first kappa shape index (κ1) is 27.2. The van der Waals surface area contributed by atoms with E-state index in [0.717, 1.165) is 16.2 Å². The van der Waals surface area contributed by atoms with Crippen molar-refractivity contribution in [2.75, 3.05) is 6.26 Å². The van der Waals surface area contributed by atoms with Crippen LogP contribution < -0.4 is 10.9 Å². The van der Waals surface area contributed by atoms with Crippen molar-refractivity contribution in [3.8, 4) is 0 Å². The smallest absolute Gasteiger partial charge is 0.247 e. The van der Waals surface area contributed by atoms with E-state index >= 15 is 0 Å². The maximum absolute atomic E-state index is 13.3.